The van der Waals surface area contributed by atoms with Crippen LogP contribution in [0.4, 0.5) is 10.1 Å². The molecule has 0 unspecified atom stereocenters. The van der Waals surface area contributed by atoms with Crippen LogP contribution in [0.5, 0.6) is 0 Å². The third-order valence-electron chi connectivity index (χ3n) is 3.42. The van der Waals surface area contributed by atoms with Crippen LogP contribution >= 0.6 is 0 Å². The van der Waals surface area contributed by atoms with Crippen molar-refractivity contribution < 1.29 is 19.1 Å². The third-order valence-corrected chi connectivity index (χ3v) is 3.42. The Kier molecular flexibility index (Phi) is 3.03. The van der Waals surface area contributed by atoms with Crippen LogP contribution in [-0.4, -0.2) is 21.8 Å². The van der Waals surface area contributed by atoms with Gasteiger partial charge in [-0.05, 0) is 30.3 Å². The molecular weight excluding hydrogens is 275 g/mol. The van der Waals surface area contributed by atoms with E-state index in [0.29, 0.717) is 5.69 Å². The van der Waals surface area contributed by atoms with Gasteiger partial charge in [0.2, 0.25) is 0 Å². The zero-order valence-corrected chi connectivity index (χ0v) is 10.8. The van der Waals surface area contributed by atoms with Crippen LogP contribution in [0, 0.1) is 5.82 Å². The first-order chi connectivity index (χ1) is 10.0. The predicted octanol–water partition coefficient (Wildman–Crippen LogP) is 1.63. The molecule has 106 valence electrons. The summed E-state index contributed by atoms with van der Waals surface area (Å²) in [5, 5.41) is 13.0. The van der Waals surface area contributed by atoms with Crippen molar-refractivity contribution in [3.05, 3.63) is 59.7 Å². The van der Waals surface area contributed by atoms with Crippen LogP contribution in [0.3, 0.4) is 0 Å². The lowest BCUT2D eigenvalue weighted by Gasteiger charge is -2.19. The van der Waals surface area contributed by atoms with Crippen molar-refractivity contribution in [1.82, 2.24) is 4.98 Å². The van der Waals surface area contributed by atoms with Gasteiger partial charge in [-0.25, -0.2) is 4.39 Å². The van der Waals surface area contributed by atoms with Crippen molar-refractivity contribution in [3.63, 3.8) is 0 Å². The molecule has 1 aliphatic heterocycles. The minimum atomic E-state index is -2.08. The Bertz CT molecular complexity index is 733. The molecule has 1 amide bonds. The zero-order valence-electron chi connectivity index (χ0n) is 10.8. The first-order valence-corrected chi connectivity index (χ1v) is 6.29. The molecule has 6 heteroatoms. The number of aromatic nitrogens is 1. The molecule has 2 aromatic rings. The first kappa shape index (κ1) is 13.4. The fraction of sp³-hybridized carbons (Fsp3) is 0.133. The summed E-state index contributed by atoms with van der Waals surface area (Å²) in [6.07, 6.45) is 0.950. The summed E-state index contributed by atoms with van der Waals surface area (Å²) in [7, 11) is 0. The van der Waals surface area contributed by atoms with Crippen molar-refractivity contribution in [3.8, 4) is 0 Å². The van der Waals surface area contributed by atoms with Crippen LogP contribution in [0.25, 0.3) is 0 Å². The number of hydrogen-bond acceptors (Lipinski definition) is 4. The Labute approximate surface area is 119 Å². The van der Waals surface area contributed by atoms with Gasteiger partial charge in [-0.3, -0.25) is 14.6 Å². The van der Waals surface area contributed by atoms with Crippen LogP contribution in [0.2, 0.25) is 0 Å². The maximum atomic E-state index is 13.3. The van der Waals surface area contributed by atoms with Crippen LogP contribution < -0.4 is 5.32 Å². The molecule has 0 saturated heterocycles. The van der Waals surface area contributed by atoms with Gasteiger partial charge in [-0.15, -0.1) is 0 Å². The van der Waals surface area contributed by atoms with Gasteiger partial charge < -0.3 is 10.4 Å². The number of carbonyl (C=O) groups excluding carboxylic acids is 2. The molecule has 1 aliphatic rings. The van der Waals surface area contributed by atoms with Gasteiger partial charge >= 0.3 is 0 Å². The monoisotopic (exact) mass is 286 g/mol. The van der Waals surface area contributed by atoms with E-state index in [1.165, 1.54) is 24.4 Å². The Hall–Kier alpha value is -2.60. The molecule has 0 fully saturated rings. The number of hydrogen-bond donors (Lipinski definition) is 2. The average Bonchev–Trinajstić information content (AvgIpc) is 2.72. The van der Waals surface area contributed by atoms with Gasteiger partial charge in [0, 0.05) is 17.4 Å². The molecule has 2 heterocycles. The van der Waals surface area contributed by atoms with Gasteiger partial charge in [0.25, 0.3) is 5.91 Å². The zero-order chi connectivity index (χ0) is 15.0. The lowest BCUT2D eigenvalue weighted by atomic mass is 9.89. The van der Waals surface area contributed by atoms with Gasteiger partial charge in [0.15, 0.2) is 11.4 Å². The van der Waals surface area contributed by atoms with Crippen molar-refractivity contribution >= 4 is 17.4 Å². The molecular formula is C15H11FN2O3. The van der Waals surface area contributed by atoms with E-state index in [4.69, 9.17) is 0 Å². The van der Waals surface area contributed by atoms with E-state index in [9.17, 15) is 19.1 Å². The fourth-order valence-corrected chi connectivity index (χ4v) is 2.34. The smallest absolute Gasteiger partial charge is 0.261 e. The van der Waals surface area contributed by atoms with Crippen LogP contribution in [-0.2, 0) is 10.4 Å². The van der Waals surface area contributed by atoms with E-state index in [2.05, 4.69) is 10.3 Å². The Morgan fingerprint density at radius 2 is 2.14 bits per heavy atom. The normalized spacial score (nSPS) is 20.0. The molecule has 1 aromatic heterocycles. The van der Waals surface area contributed by atoms with E-state index in [1.807, 2.05) is 0 Å². The van der Waals surface area contributed by atoms with Crippen LogP contribution in [0.15, 0.2) is 42.6 Å². The quantitative estimate of drug-likeness (QED) is 0.841. The van der Waals surface area contributed by atoms with Gasteiger partial charge in [0.05, 0.1) is 6.42 Å². The minimum absolute atomic E-state index is 0.0665. The fourth-order valence-electron chi connectivity index (χ4n) is 2.34. The summed E-state index contributed by atoms with van der Waals surface area (Å²) >= 11 is 0. The Balaban J connectivity index is 1.97. The van der Waals surface area contributed by atoms with Crippen molar-refractivity contribution in [1.29, 1.82) is 0 Å². The highest BCUT2D eigenvalue weighted by Crippen LogP contribution is 2.39. The summed E-state index contributed by atoms with van der Waals surface area (Å²) in [5.41, 5.74) is -1.57. The number of aliphatic hydroxyl groups is 1. The number of Topliss-reactive ketones (excluding diaryl/α,β-unsaturated/α-hetero) is 1. The second-order valence-corrected chi connectivity index (χ2v) is 4.82. The predicted molar refractivity (Wildman–Crippen MR) is 72.1 cm³/mol. The molecule has 0 spiro atoms. The molecule has 0 aliphatic carbocycles. The highest BCUT2D eigenvalue weighted by molar-refractivity contribution is 6.09. The SMILES string of the molecule is O=C(C[C@@]1(O)C(=O)Nc2ccc(F)cc21)c1ccccn1. The molecule has 2 N–H and O–H groups in total. The lowest BCUT2D eigenvalue weighted by Crippen LogP contribution is -2.36. The number of rotatable bonds is 3. The molecule has 1 atom stereocenters. The Morgan fingerprint density at radius 1 is 1.33 bits per heavy atom. The summed E-state index contributed by atoms with van der Waals surface area (Å²) in [4.78, 5) is 28.0. The maximum absolute atomic E-state index is 13.3. The molecule has 3 rings (SSSR count). The Morgan fingerprint density at radius 3 is 2.86 bits per heavy atom. The summed E-state index contributed by atoms with van der Waals surface area (Å²) in [5.74, 6) is -1.83. The number of anilines is 1. The number of pyridine rings is 1. The molecule has 0 radical (unpaired) electrons. The van der Waals surface area contributed by atoms with Crippen molar-refractivity contribution in [2.75, 3.05) is 5.32 Å². The highest BCUT2D eigenvalue weighted by atomic mass is 19.1. The second-order valence-electron chi connectivity index (χ2n) is 4.82. The molecule has 5 nitrogen and oxygen atoms in total. The third kappa shape index (κ3) is 2.19. The number of fused-ring (bicyclic) bond motifs is 1. The number of ketones is 1. The average molecular weight is 286 g/mol. The molecule has 0 saturated carbocycles. The van der Waals surface area contributed by atoms with Crippen molar-refractivity contribution in [2.24, 2.45) is 0 Å². The van der Waals surface area contributed by atoms with Crippen LogP contribution in [0.1, 0.15) is 22.5 Å². The van der Waals surface area contributed by atoms with Gasteiger partial charge in [-0.2, -0.15) is 0 Å². The maximum Gasteiger partial charge on any atom is 0.261 e. The summed E-state index contributed by atoms with van der Waals surface area (Å²) < 4.78 is 13.3. The highest BCUT2D eigenvalue weighted by Gasteiger charge is 2.47. The topological polar surface area (TPSA) is 79.3 Å². The minimum Gasteiger partial charge on any atom is -0.375 e. The van der Waals surface area contributed by atoms with Gasteiger partial charge in [0.1, 0.15) is 11.5 Å². The molecule has 1 aromatic carbocycles. The van der Waals surface area contributed by atoms with Crippen molar-refractivity contribution in [2.45, 2.75) is 12.0 Å². The second kappa shape index (κ2) is 4.75. The van der Waals surface area contributed by atoms with E-state index < -0.39 is 29.5 Å². The number of nitrogens with one attached hydrogen (secondary N) is 1. The van der Waals surface area contributed by atoms with E-state index in [1.54, 1.807) is 12.1 Å². The summed E-state index contributed by atoms with van der Waals surface area (Å²) in [6.45, 7) is 0. The molecule has 21 heavy (non-hydrogen) atoms. The number of amides is 1. The standard InChI is InChI=1S/C15H11FN2O3/c16-9-4-5-11-10(7-9)15(21,14(20)18-11)8-13(19)12-3-1-2-6-17-12/h1-7,21H,8H2,(H,18,20)/t15-/m0/s1. The summed E-state index contributed by atoms with van der Waals surface area (Å²) in [6, 6.07) is 8.35. The van der Waals surface area contributed by atoms with E-state index in [0.717, 1.165) is 6.07 Å². The number of nitrogens with zero attached hydrogens (tertiary/aromatic N) is 1. The van der Waals surface area contributed by atoms with E-state index >= 15 is 0 Å². The largest absolute Gasteiger partial charge is 0.375 e. The number of benzene rings is 1. The number of halogens is 1. The lowest BCUT2D eigenvalue weighted by molar-refractivity contribution is -0.133. The molecule has 0 bridgehead atoms. The van der Waals surface area contributed by atoms with E-state index in [-0.39, 0.29) is 11.3 Å². The van der Waals surface area contributed by atoms with Gasteiger partial charge in [-0.1, -0.05) is 6.07 Å². The first-order valence-electron chi connectivity index (χ1n) is 6.29. The number of carbonyl (C=O) groups is 2.